The smallest absolute Gasteiger partial charge is 0.0422 e. The van der Waals surface area contributed by atoms with Crippen molar-refractivity contribution in [2.45, 2.75) is 13.5 Å². The van der Waals surface area contributed by atoms with Gasteiger partial charge in [0, 0.05) is 17.8 Å². The molecule has 0 fully saturated rings. The lowest BCUT2D eigenvalue weighted by Crippen LogP contribution is -2.01. The van der Waals surface area contributed by atoms with Crippen LogP contribution in [0.3, 0.4) is 0 Å². The van der Waals surface area contributed by atoms with E-state index in [1.54, 1.807) is 0 Å². The summed E-state index contributed by atoms with van der Waals surface area (Å²) in [5.74, 6) is 0. The lowest BCUT2D eigenvalue weighted by Gasteiger charge is -2.12. The topological polar surface area (TPSA) is 12.0 Å². The van der Waals surface area contributed by atoms with E-state index in [1.807, 2.05) is 6.07 Å². The van der Waals surface area contributed by atoms with Crippen LogP contribution in [0.2, 0.25) is 0 Å². The van der Waals surface area contributed by atoms with Gasteiger partial charge in [0.1, 0.15) is 0 Å². The van der Waals surface area contributed by atoms with Crippen LogP contribution < -0.4 is 5.32 Å². The molecule has 0 saturated carbocycles. The Morgan fingerprint density at radius 3 is 2.33 bits per heavy atom. The highest BCUT2D eigenvalue weighted by atomic mass is 14.9. The Balaban J connectivity index is 1.83. The summed E-state index contributed by atoms with van der Waals surface area (Å²) in [7, 11) is 0. The Morgan fingerprint density at radius 2 is 1.52 bits per heavy atom. The molecule has 1 nitrogen and oxygen atoms in total. The van der Waals surface area contributed by atoms with Gasteiger partial charge in [0.15, 0.2) is 0 Å². The summed E-state index contributed by atoms with van der Waals surface area (Å²) in [6.07, 6.45) is 0. The quantitative estimate of drug-likeness (QED) is 0.682. The van der Waals surface area contributed by atoms with Crippen LogP contribution in [0.15, 0.2) is 78.9 Å². The van der Waals surface area contributed by atoms with Crippen LogP contribution >= 0.6 is 0 Å². The Kier molecular flexibility index (Phi) is 4.02. The third-order valence-corrected chi connectivity index (χ3v) is 3.58. The summed E-state index contributed by atoms with van der Waals surface area (Å²) in [4.78, 5) is 0. The first-order valence-electron chi connectivity index (χ1n) is 7.27. The summed E-state index contributed by atoms with van der Waals surface area (Å²) in [6, 6.07) is 27.6. The second kappa shape index (κ2) is 6.27. The third kappa shape index (κ3) is 3.32. The summed E-state index contributed by atoms with van der Waals surface area (Å²) >= 11 is 0. The maximum atomic E-state index is 3.56. The maximum Gasteiger partial charge on any atom is 0.0422 e. The first-order chi connectivity index (χ1) is 10.3. The van der Waals surface area contributed by atoms with Gasteiger partial charge >= 0.3 is 0 Å². The number of benzene rings is 3. The Labute approximate surface area is 126 Å². The van der Waals surface area contributed by atoms with Gasteiger partial charge in [0.2, 0.25) is 0 Å². The molecule has 0 aliphatic heterocycles. The average molecular weight is 273 g/mol. The molecule has 0 heterocycles. The molecule has 0 aromatic heterocycles. The molecule has 0 aliphatic rings. The zero-order valence-corrected chi connectivity index (χ0v) is 12.2. The molecule has 3 rings (SSSR count). The Morgan fingerprint density at radius 1 is 0.762 bits per heavy atom. The molecule has 0 saturated heterocycles. The fourth-order valence-corrected chi connectivity index (χ4v) is 2.53. The molecule has 0 unspecified atom stereocenters. The van der Waals surface area contributed by atoms with E-state index in [0.717, 1.165) is 6.54 Å². The summed E-state index contributed by atoms with van der Waals surface area (Å²) in [5.41, 5.74) is 6.25. The van der Waals surface area contributed by atoms with Crippen molar-refractivity contribution in [1.82, 2.24) is 0 Å². The van der Waals surface area contributed by atoms with Crippen molar-refractivity contribution in [3.63, 3.8) is 0 Å². The van der Waals surface area contributed by atoms with Crippen molar-refractivity contribution in [2.24, 2.45) is 0 Å². The van der Waals surface area contributed by atoms with Gasteiger partial charge in [-0.2, -0.15) is 0 Å². The van der Waals surface area contributed by atoms with Crippen LogP contribution in [0.25, 0.3) is 11.1 Å². The molecule has 1 heteroatoms. The van der Waals surface area contributed by atoms with Crippen molar-refractivity contribution in [2.75, 3.05) is 5.32 Å². The molecule has 3 aromatic carbocycles. The Bertz CT molecular complexity index is 717. The minimum absolute atomic E-state index is 0.839. The fraction of sp³-hybridized carbons (Fsp3) is 0.100. The molecule has 1 N–H and O–H groups in total. The van der Waals surface area contributed by atoms with E-state index in [-0.39, 0.29) is 0 Å². The lowest BCUT2D eigenvalue weighted by molar-refractivity contribution is 1.14. The van der Waals surface area contributed by atoms with Crippen LogP contribution in [-0.2, 0) is 6.54 Å². The molecule has 0 spiro atoms. The van der Waals surface area contributed by atoms with Crippen molar-refractivity contribution < 1.29 is 0 Å². The van der Waals surface area contributed by atoms with Gasteiger partial charge in [-0.25, -0.2) is 0 Å². The number of anilines is 1. The van der Waals surface area contributed by atoms with Gasteiger partial charge < -0.3 is 5.32 Å². The van der Waals surface area contributed by atoms with Gasteiger partial charge in [0.25, 0.3) is 0 Å². The highest BCUT2D eigenvalue weighted by Crippen LogP contribution is 2.27. The minimum Gasteiger partial charge on any atom is -0.380 e. The molecule has 104 valence electrons. The predicted molar refractivity (Wildman–Crippen MR) is 90.4 cm³/mol. The minimum atomic E-state index is 0.839. The number of nitrogens with one attached hydrogen (secondary N) is 1. The molecule has 0 aliphatic carbocycles. The van der Waals surface area contributed by atoms with E-state index >= 15 is 0 Å². The van der Waals surface area contributed by atoms with Crippen molar-refractivity contribution in [3.05, 3.63) is 90.0 Å². The van der Waals surface area contributed by atoms with E-state index in [0.29, 0.717) is 0 Å². The number of hydrogen-bond donors (Lipinski definition) is 1. The molecule has 0 amide bonds. The third-order valence-electron chi connectivity index (χ3n) is 3.58. The van der Waals surface area contributed by atoms with Crippen LogP contribution in [0, 0.1) is 6.92 Å². The van der Waals surface area contributed by atoms with Crippen molar-refractivity contribution in [1.29, 1.82) is 0 Å². The summed E-state index contributed by atoms with van der Waals surface area (Å²) in [6.45, 7) is 2.97. The van der Waals surface area contributed by atoms with E-state index in [1.165, 1.54) is 27.9 Å². The van der Waals surface area contributed by atoms with E-state index in [4.69, 9.17) is 0 Å². The van der Waals surface area contributed by atoms with Crippen LogP contribution in [0.4, 0.5) is 5.69 Å². The average Bonchev–Trinajstić information content (AvgIpc) is 2.54. The first-order valence-corrected chi connectivity index (χ1v) is 7.27. The van der Waals surface area contributed by atoms with E-state index < -0.39 is 0 Å². The standard InChI is InChI=1S/C20H19N/c1-16-8-7-9-17(14-16)15-21-20-13-6-5-12-19(20)18-10-3-2-4-11-18/h2-14,21H,15H2,1H3. The number of para-hydroxylation sites is 1. The van der Waals surface area contributed by atoms with Gasteiger partial charge in [-0.15, -0.1) is 0 Å². The van der Waals surface area contributed by atoms with Crippen LogP contribution in [-0.4, -0.2) is 0 Å². The largest absolute Gasteiger partial charge is 0.380 e. The molecule has 0 atom stereocenters. The lowest BCUT2D eigenvalue weighted by atomic mass is 10.0. The molecule has 21 heavy (non-hydrogen) atoms. The molecule has 3 aromatic rings. The second-order valence-electron chi connectivity index (χ2n) is 5.25. The zero-order valence-electron chi connectivity index (χ0n) is 12.2. The van der Waals surface area contributed by atoms with Crippen LogP contribution in [0.5, 0.6) is 0 Å². The van der Waals surface area contributed by atoms with Crippen molar-refractivity contribution >= 4 is 5.69 Å². The van der Waals surface area contributed by atoms with Gasteiger partial charge in [-0.1, -0.05) is 78.4 Å². The van der Waals surface area contributed by atoms with E-state index in [2.05, 4.69) is 85.0 Å². The second-order valence-corrected chi connectivity index (χ2v) is 5.25. The summed E-state index contributed by atoms with van der Waals surface area (Å²) in [5, 5.41) is 3.56. The fourth-order valence-electron chi connectivity index (χ4n) is 2.53. The number of hydrogen-bond acceptors (Lipinski definition) is 1. The maximum absolute atomic E-state index is 3.56. The van der Waals surface area contributed by atoms with E-state index in [9.17, 15) is 0 Å². The van der Waals surface area contributed by atoms with Gasteiger partial charge in [-0.05, 0) is 24.1 Å². The van der Waals surface area contributed by atoms with Crippen LogP contribution in [0.1, 0.15) is 11.1 Å². The molecular formula is C20H19N. The van der Waals surface area contributed by atoms with Gasteiger partial charge in [0.05, 0.1) is 0 Å². The summed E-state index contributed by atoms with van der Waals surface area (Å²) < 4.78 is 0. The van der Waals surface area contributed by atoms with Gasteiger partial charge in [-0.3, -0.25) is 0 Å². The SMILES string of the molecule is Cc1cccc(CNc2ccccc2-c2ccccc2)c1. The zero-order chi connectivity index (χ0) is 14.5. The monoisotopic (exact) mass is 273 g/mol. The molecular weight excluding hydrogens is 254 g/mol. The highest BCUT2D eigenvalue weighted by molar-refractivity contribution is 5.77. The molecule has 0 radical (unpaired) electrons. The first kappa shape index (κ1) is 13.4. The number of aryl methyl sites for hydroxylation is 1. The van der Waals surface area contributed by atoms with Crippen molar-refractivity contribution in [3.8, 4) is 11.1 Å². The Hall–Kier alpha value is -2.54. The molecule has 0 bridgehead atoms. The predicted octanol–water partition coefficient (Wildman–Crippen LogP) is 5.27. The number of rotatable bonds is 4. The normalized spacial score (nSPS) is 10.3. The highest BCUT2D eigenvalue weighted by Gasteiger charge is 2.03.